The summed E-state index contributed by atoms with van der Waals surface area (Å²) in [5.41, 5.74) is 3.60. The Kier molecular flexibility index (Phi) is 6.04. The molecule has 2 aliphatic heterocycles. The smallest absolute Gasteiger partial charge is 0.273 e. The number of aromatic nitrogens is 3. The second-order valence-corrected chi connectivity index (χ2v) is 9.90. The van der Waals surface area contributed by atoms with Crippen molar-refractivity contribution in [2.24, 2.45) is 0 Å². The first-order valence-corrected chi connectivity index (χ1v) is 12.1. The van der Waals surface area contributed by atoms with Gasteiger partial charge in [0.1, 0.15) is 10.8 Å². The van der Waals surface area contributed by atoms with Crippen LogP contribution in [0.15, 0.2) is 36.5 Å². The first-order chi connectivity index (χ1) is 16.2. The van der Waals surface area contributed by atoms with Crippen molar-refractivity contribution in [1.82, 2.24) is 24.6 Å². The van der Waals surface area contributed by atoms with E-state index in [9.17, 15) is 9.59 Å². The number of rotatable bonds is 3. The molecule has 2 atom stereocenters. The maximum absolute atomic E-state index is 13.6. The normalized spacial score (nSPS) is 18.5. The molecule has 2 aromatic heterocycles. The number of pyridine rings is 1. The molecular weight excluding hydrogens is 497 g/mol. The summed E-state index contributed by atoms with van der Waals surface area (Å²) >= 11 is 18.1. The summed E-state index contributed by atoms with van der Waals surface area (Å²) in [6, 6.07) is 8.23. The van der Waals surface area contributed by atoms with Crippen molar-refractivity contribution in [2.75, 3.05) is 6.54 Å². The molecule has 34 heavy (non-hydrogen) atoms. The average Bonchev–Trinajstić information content (AvgIpc) is 3.18. The molecule has 4 heterocycles. The van der Waals surface area contributed by atoms with E-state index in [0.717, 1.165) is 16.8 Å². The van der Waals surface area contributed by atoms with Crippen LogP contribution in [0.1, 0.15) is 57.6 Å². The topological polar surface area (TPSA) is 71.3 Å². The second kappa shape index (κ2) is 8.87. The number of hydrogen-bond donors (Lipinski definition) is 0. The molecule has 1 aromatic carbocycles. The highest BCUT2D eigenvalue weighted by Gasteiger charge is 2.38. The summed E-state index contributed by atoms with van der Waals surface area (Å²) in [4.78, 5) is 34.7. The van der Waals surface area contributed by atoms with Gasteiger partial charge in [0.25, 0.3) is 11.8 Å². The van der Waals surface area contributed by atoms with Gasteiger partial charge in [-0.05, 0) is 43.7 Å². The first-order valence-electron chi connectivity index (χ1n) is 11.0. The van der Waals surface area contributed by atoms with E-state index in [4.69, 9.17) is 39.9 Å². The molecule has 3 aromatic rings. The third-order valence-corrected chi connectivity index (χ3v) is 7.59. The molecule has 5 rings (SSSR count). The molecule has 0 aliphatic carbocycles. The molecule has 2 amide bonds. The van der Waals surface area contributed by atoms with Crippen LogP contribution >= 0.6 is 34.8 Å². The zero-order valence-electron chi connectivity index (χ0n) is 18.6. The molecule has 2 aliphatic rings. The van der Waals surface area contributed by atoms with Crippen LogP contribution in [0, 0.1) is 0 Å². The van der Waals surface area contributed by atoms with E-state index < -0.39 is 0 Å². The summed E-state index contributed by atoms with van der Waals surface area (Å²) in [5, 5.41) is 5.86. The minimum Gasteiger partial charge on any atom is -0.331 e. The lowest BCUT2D eigenvalue weighted by atomic mass is 9.97. The average molecular weight is 519 g/mol. The predicted octanol–water partition coefficient (Wildman–Crippen LogP) is 5.04. The number of benzene rings is 1. The molecule has 7 nitrogen and oxygen atoms in total. The summed E-state index contributed by atoms with van der Waals surface area (Å²) in [6.07, 6.45) is 2.27. The van der Waals surface area contributed by atoms with Gasteiger partial charge in [-0.3, -0.25) is 14.3 Å². The van der Waals surface area contributed by atoms with Crippen molar-refractivity contribution in [2.45, 2.75) is 45.4 Å². The summed E-state index contributed by atoms with van der Waals surface area (Å²) in [7, 11) is 0. The van der Waals surface area contributed by atoms with Gasteiger partial charge < -0.3 is 9.80 Å². The number of hydrogen-bond acceptors (Lipinski definition) is 4. The first kappa shape index (κ1) is 23.1. The Morgan fingerprint density at radius 3 is 2.62 bits per heavy atom. The van der Waals surface area contributed by atoms with Crippen LogP contribution < -0.4 is 0 Å². The Morgan fingerprint density at radius 1 is 1.12 bits per heavy atom. The monoisotopic (exact) mass is 517 g/mol. The Hall–Kier alpha value is -2.61. The van der Waals surface area contributed by atoms with Gasteiger partial charge in [0.05, 0.1) is 34.9 Å². The zero-order chi connectivity index (χ0) is 24.1. The number of halogens is 3. The third kappa shape index (κ3) is 3.96. The molecule has 0 N–H and O–H groups in total. The Labute approximate surface area is 212 Å². The van der Waals surface area contributed by atoms with Gasteiger partial charge in [-0.25, -0.2) is 4.98 Å². The van der Waals surface area contributed by atoms with Crippen molar-refractivity contribution >= 4 is 46.6 Å². The Bertz CT molecular complexity index is 1290. The lowest BCUT2D eigenvalue weighted by Crippen LogP contribution is -2.44. The van der Waals surface area contributed by atoms with Crippen LogP contribution in [0.5, 0.6) is 0 Å². The van der Waals surface area contributed by atoms with E-state index in [-0.39, 0.29) is 23.9 Å². The van der Waals surface area contributed by atoms with Crippen LogP contribution in [-0.4, -0.2) is 49.0 Å². The SMILES string of the molecule is CC(c1ccc(Cl)nc1)N1CCn2nc3c(c2C1=O)CN(C(=O)c1ccc(Cl)c(Cl)c1)[C@H](C)C3. The number of carbonyl (C=O) groups is 2. The minimum atomic E-state index is -0.173. The maximum atomic E-state index is 13.6. The fourth-order valence-corrected chi connectivity index (χ4v) is 5.10. The van der Waals surface area contributed by atoms with E-state index in [2.05, 4.69) is 4.98 Å². The summed E-state index contributed by atoms with van der Waals surface area (Å²) in [5.74, 6) is -0.253. The maximum Gasteiger partial charge on any atom is 0.273 e. The van der Waals surface area contributed by atoms with E-state index in [1.54, 1.807) is 40.0 Å². The fourth-order valence-electron chi connectivity index (χ4n) is 4.69. The molecule has 1 unspecified atom stereocenters. The molecule has 0 saturated heterocycles. The van der Waals surface area contributed by atoms with Gasteiger partial charge >= 0.3 is 0 Å². The molecular formula is C24H22Cl3N5O2. The van der Waals surface area contributed by atoms with E-state index >= 15 is 0 Å². The number of fused-ring (bicyclic) bond motifs is 3. The summed E-state index contributed by atoms with van der Waals surface area (Å²) < 4.78 is 1.79. The molecule has 0 bridgehead atoms. The van der Waals surface area contributed by atoms with Crippen molar-refractivity contribution in [3.8, 4) is 0 Å². The van der Waals surface area contributed by atoms with Gasteiger partial charge in [-0.2, -0.15) is 5.10 Å². The highest BCUT2D eigenvalue weighted by atomic mass is 35.5. The van der Waals surface area contributed by atoms with Crippen LogP contribution in [0.3, 0.4) is 0 Å². The summed E-state index contributed by atoms with van der Waals surface area (Å²) in [6.45, 7) is 5.40. The van der Waals surface area contributed by atoms with Crippen molar-refractivity contribution in [3.63, 3.8) is 0 Å². The van der Waals surface area contributed by atoms with Crippen LogP contribution in [0.25, 0.3) is 0 Å². The van der Waals surface area contributed by atoms with E-state index in [0.29, 0.717) is 52.5 Å². The molecule has 10 heteroatoms. The molecule has 0 radical (unpaired) electrons. The van der Waals surface area contributed by atoms with Crippen molar-refractivity contribution in [1.29, 1.82) is 0 Å². The standard InChI is InChI=1S/C24H22Cl3N5O2/c1-13-9-20-17(12-31(13)23(33)15-3-5-18(25)19(26)10-15)22-24(34)30(7-8-32(22)29-20)14(2)16-4-6-21(27)28-11-16/h3-6,10-11,13-14H,7-9,12H2,1-2H3/t13-,14?/m1/s1. The lowest BCUT2D eigenvalue weighted by molar-refractivity contribution is 0.0604. The number of carbonyl (C=O) groups excluding carboxylic acids is 2. The molecule has 176 valence electrons. The zero-order valence-corrected chi connectivity index (χ0v) is 20.9. The van der Waals surface area contributed by atoms with Gasteiger partial charge in [0.15, 0.2) is 0 Å². The van der Waals surface area contributed by atoms with Crippen LogP contribution in [-0.2, 0) is 19.5 Å². The van der Waals surface area contributed by atoms with Crippen LogP contribution in [0.4, 0.5) is 0 Å². The fraction of sp³-hybridized carbons (Fsp3) is 0.333. The van der Waals surface area contributed by atoms with Crippen molar-refractivity contribution < 1.29 is 9.59 Å². The minimum absolute atomic E-state index is 0.0725. The van der Waals surface area contributed by atoms with E-state index in [1.807, 2.05) is 24.8 Å². The molecule has 0 fully saturated rings. The molecule has 0 saturated carbocycles. The molecule has 0 spiro atoms. The number of nitrogens with zero attached hydrogens (tertiary/aromatic N) is 5. The second-order valence-electron chi connectivity index (χ2n) is 8.70. The van der Waals surface area contributed by atoms with Gasteiger partial charge in [-0.1, -0.05) is 40.9 Å². The van der Waals surface area contributed by atoms with Crippen molar-refractivity contribution in [3.05, 3.63) is 79.8 Å². The van der Waals surface area contributed by atoms with E-state index in [1.165, 1.54) is 0 Å². The third-order valence-electron chi connectivity index (χ3n) is 6.63. The Morgan fingerprint density at radius 2 is 1.91 bits per heavy atom. The Balaban J connectivity index is 1.44. The quantitative estimate of drug-likeness (QED) is 0.455. The highest BCUT2D eigenvalue weighted by molar-refractivity contribution is 6.42. The van der Waals surface area contributed by atoms with Gasteiger partial charge in [-0.15, -0.1) is 0 Å². The highest BCUT2D eigenvalue weighted by Crippen LogP contribution is 2.33. The van der Waals surface area contributed by atoms with Gasteiger partial charge in [0, 0.05) is 36.3 Å². The van der Waals surface area contributed by atoms with Gasteiger partial charge in [0.2, 0.25) is 0 Å². The largest absolute Gasteiger partial charge is 0.331 e. The predicted molar refractivity (Wildman–Crippen MR) is 130 cm³/mol. The number of amides is 2. The van der Waals surface area contributed by atoms with Crippen LogP contribution in [0.2, 0.25) is 15.2 Å². The lowest BCUT2D eigenvalue weighted by Gasteiger charge is -2.35.